The smallest absolute Gasteiger partial charge is 0.251 e. The van der Waals surface area contributed by atoms with Gasteiger partial charge in [-0.1, -0.05) is 11.6 Å². The molecule has 0 radical (unpaired) electrons. The minimum atomic E-state index is -0.526. The normalized spacial score (nSPS) is 18.5. The van der Waals surface area contributed by atoms with Crippen LogP contribution in [0.5, 0.6) is 0 Å². The SMILES string of the molecule is Cc1nc(N[C@H]2CC[C@@H](NC(=O)c3ccc(F)c(Cl)c3)CC2)cc(N(C)C)n1.Cl. The molecule has 2 aromatic rings. The van der Waals surface area contributed by atoms with Gasteiger partial charge < -0.3 is 15.5 Å². The molecule has 0 aliphatic heterocycles. The number of carbonyl (C=O) groups excluding carboxylic acids is 1. The molecular weight excluding hydrogens is 416 g/mol. The predicted molar refractivity (Wildman–Crippen MR) is 117 cm³/mol. The summed E-state index contributed by atoms with van der Waals surface area (Å²) in [5, 5.41) is 6.46. The zero-order valence-corrected chi connectivity index (χ0v) is 18.3. The molecule has 0 unspecified atom stereocenters. The van der Waals surface area contributed by atoms with Crippen molar-refractivity contribution in [2.45, 2.75) is 44.7 Å². The molecule has 0 saturated heterocycles. The van der Waals surface area contributed by atoms with E-state index in [1.54, 1.807) is 0 Å². The third-order valence-corrected chi connectivity index (χ3v) is 5.17. The molecule has 1 amide bonds. The summed E-state index contributed by atoms with van der Waals surface area (Å²) in [5.41, 5.74) is 0.374. The average Bonchev–Trinajstić information content (AvgIpc) is 2.65. The summed E-state index contributed by atoms with van der Waals surface area (Å²) in [6, 6.07) is 6.36. The van der Waals surface area contributed by atoms with Gasteiger partial charge in [0.05, 0.1) is 5.02 Å². The van der Waals surface area contributed by atoms with E-state index in [0.717, 1.165) is 43.1 Å². The summed E-state index contributed by atoms with van der Waals surface area (Å²) >= 11 is 5.76. The molecule has 6 nitrogen and oxygen atoms in total. The number of hydrogen-bond donors (Lipinski definition) is 2. The highest BCUT2D eigenvalue weighted by Crippen LogP contribution is 2.24. The van der Waals surface area contributed by atoms with Gasteiger partial charge in [-0.15, -0.1) is 12.4 Å². The fourth-order valence-corrected chi connectivity index (χ4v) is 3.53. The summed E-state index contributed by atoms with van der Waals surface area (Å²) in [5.74, 6) is 1.67. The molecule has 1 aliphatic carbocycles. The maximum Gasteiger partial charge on any atom is 0.251 e. The lowest BCUT2D eigenvalue weighted by Gasteiger charge is -2.30. The van der Waals surface area contributed by atoms with E-state index in [9.17, 15) is 9.18 Å². The Labute approximate surface area is 181 Å². The summed E-state index contributed by atoms with van der Waals surface area (Å²) in [4.78, 5) is 23.2. The average molecular weight is 442 g/mol. The number of aryl methyl sites for hydroxylation is 1. The second-order valence-electron chi connectivity index (χ2n) is 7.35. The second kappa shape index (κ2) is 10.1. The van der Waals surface area contributed by atoms with E-state index in [2.05, 4.69) is 20.6 Å². The third kappa shape index (κ3) is 6.18. The molecule has 0 atom stereocenters. The first-order valence-corrected chi connectivity index (χ1v) is 9.75. The van der Waals surface area contributed by atoms with Crippen molar-refractivity contribution in [3.63, 3.8) is 0 Å². The van der Waals surface area contributed by atoms with E-state index in [-0.39, 0.29) is 29.4 Å². The summed E-state index contributed by atoms with van der Waals surface area (Å²) in [6.45, 7) is 1.88. The first-order valence-electron chi connectivity index (χ1n) is 9.37. The van der Waals surface area contributed by atoms with Crippen LogP contribution in [0.1, 0.15) is 41.9 Å². The fourth-order valence-electron chi connectivity index (χ4n) is 3.35. The van der Waals surface area contributed by atoms with Crippen molar-refractivity contribution in [3.8, 4) is 0 Å². The third-order valence-electron chi connectivity index (χ3n) is 4.88. The largest absolute Gasteiger partial charge is 0.367 e. The highest BCUT2D eigenvalue weighted by atomic mass is 35.5. The summed E-state index contributed by atoms with van der Waals surface area (Å²) in [6.07, 6.45) is 3.58. The Morgan fingerprint density at radius 3 is 2.41 bits per heavy atom. The highest BCUT2D eigenvalue weighted by Gasteiger charge is 2.23. The molecule has 1 fully saturated rings. The van der Waals surface area contributed by atoms with E-state index in [1.165, 1.54) is 18.2 Å². The van der Waals surface area contributed by atoms with Gasteiger partial charge in [-0.25, -0.2) is 14.4 Å². The Hall–Kier alpha value is -2.12. The van der Waals surface area contributed by atoms with Gasteiger partial charge >= 0.3 is 0 Å². The van der Waals surface area contributed by atoms with Crippen molar-refractivity contribution < 1.29 is 9.18 Å². The molecule has 29 heavy (non-hydrogen) atoms. The predicted octanol–water partition coefficient (Wildman–Crippen LogP) is 4.22. The molecule has 1 aromatic carbocycles. The minimum Gasteiger partial charge on any atom is -0.367 e. The lowest BCUT2D eigenvalue weighted by atomic mass is 9.91. The number of rotatable bonds is 5. The van der Waals surface area contributed by atoms with Crippen LogP contribution in [-0.2, 0) is 0 Å². The van der Waals surface area contributed by atoms with Crippen LogP contribution in [0.2, 0.25) is 5.02 Å². The Morgan fingerprint density at radius 2 is 1.79 bits per heavy atom. The van der Waals surface area contributed by atoms with Gasteiger partial charge in [0.15, 0.2) is 0 Å². The molecule has 1 saturated carbocycles. The van der Waals surface area contributed by atoms with Crippen molar-refractivity contribution >= 4 is 41.6 Å². The second-order valence-corrected chi connectivity index (χ2v) is 7.76. The first-order chi connectivity index (χ1) is 13.3. The van der Waals surface area contributed by atoms with Crippen LogP contribution >= 0.6 is 24.0 Å². The monoisotopic (exact) mass is 441 g/mol. The van der Waals surface area contributed by atoms with Crippen molar-refractivity contribution in [2.75, 3.05) is 24.3 Å². The van der Waals surface area contributed by atoms with E-state index in [1.807, 2.05) is 32.0 Å². The molecule has 1 heterocycles. The molecule has 158 valence electrons. The van der Waals surface area contributed by atoms with Gasteiger partial charge in [-0.3, -0.25) is 4.79 Å². The molecule has 0 bridgehead atoms. The van der Waals surface area contributed by atoms with E-state index in [0.29, 0.717) is 11.6 Å². The quantitative estimate of drug-likeness (QED) is 0.726. The van der Waals surface area contributed by atoms with Crippen LogP contribution in [-0.4, -0.2) is 42.1 Å². The zero-order valence-electron chi connectivity index (χ0n) is 16.7. The van der Waals surface area contributed by atoms with Crippen LogP contribution in [0.25, 0.3) is 0 Å². The summed E-state index contributed by atoms with van der Waals surface area (Å²) in [7, 11) is 3.90. The van der Waals surface area contributed by atoms with E-state index >= 15 is 0 Å². The number of amides is 1. The topological polar surface area (TPSA) is 70.2 Å². The molecule has 1 aliphatic rings. The van der Waals surface area contributed by atoms with Crippen LogP contribution < -0.4 is 15.5 Å². The highest BCUT2D eigenvalue weighted by molar-refractivity contribution is 6.31. The van der Waals surface area contributed by atoms with Crippen LogP contribution in [0.3, 0.4) is 0 Å². The number of nitrogens with one attached hydrogen (secondary N) is 2. The Kier molecular flexibility index (Phi) is 8.05. The Balaban J connectivity index is 0.00000300. The van der Waals surface area contributed by atoms with Gasteiger partial charge in [0.2, 0.25) is 0 Å². The molecule has 0 spiro atoms. The van der Waals surface area contributed by atoms with E-state index < -0.39 is 5.82 Å². The maximum absolute atomic E-state index is 13.3. The van der Waals surface area contributed by atoms with Gasteiger partial charge in [-0.05, 0) is 50.8 Å². The lowest BCUT2D eigenvalue weighted by Crippen LogP contribution is -2.40. The van der Waals surface area contributed by atoms with Gasteiger partial charge in [0, 0.05) is 37.8 Å². The fraction of sp³-hybridized carbons (Fsp3) is 0.450. The molecule has 9 heteroatoms. The van der Waals surface area contributed by atoms with Gasteiger partial charge in [0.25, 0.3) is 5.91 Å². The zero-order chi connectivity index (χ0) is 20.3. The Bertz CT molecular complexity index is 857. The minimum absolute atomic E-state index is 0. The first kappa shape index (κ1) is 23.2. The number of nitrogens with zero attached hydrogens (tertiary/aromatic N) is 3. The van der Waals surface area contributed by atoms with Crippen molar-refractivity contribution in [1.82, 2.24) is 15.3 Å². The van der Waals surface area contributed by atoms with Gasteiger partial charge in [0.1, 0.15) is 23.3 Å². The lowest BCUT2D eigenvalue weighted by molar-refractivity contribution is 0.0926. The van der Waals surface area contributed by atoms with Crippen molar-refractivity contribution in [2.24, 2.45) is 0 Å². The number of anilines is 2. The van der Waals surface area contributed by atoms with Crippen LogP contribution in [0.15, 0.2) is 24.3 Å². The van der Waals surface area contributed by atoms with Crippen molar-refractivity contribution in [3.05, 3.63) is 46.5 Å². The summed E-state index contributed by atoms with van der Waals surface area (Å²) < 4.78 is 13.3. The van der Waals surface area contributed by atoms with Crippen LogP contribution in [0, 0.1) is 12.7 Å². The van der Waals surface area contributed by atoms with Crippen molar-refractivity contribution in [1.29, 1.82) is 0 Å². The number of halogens is 3. The maximum atomic E-state index is 13.3. The number of hydrogen-bond acceptors (Lipinski definition) is 5. The molecule has 3 rings (SSSR count). The number of aromatic nitrogens is 2. The molecule has 2 N–H and O–H groups in total. The Morgan fingerprint density at radius 1 is 1.14 bits per heavy atom. The van der Waals surface area contributed by atoms with Crippen LogP contribution in [0.4, 0.5) is 16.0 Å². The molecule has 1 aromatic heterocycles. The van der Waals surface area contributed by atoms with E-state index in [4.69, 9.17) is 11.6 Å². The molecular formula is C20H26Cl2FN5O. The van der Waals surface area contributed by atoms with Gasteiger partial charge in [-0.2, -0.15) is 0 Å². The standard InChI is InChI=1S/C20H25ClFN5O.ClH/c1-12-23-18(11-19(24-12)27(2)3)25-14-5-7-15(8-6-14)26-20(28)13-4-9-17(22)16(21)10-13;/h4,9-11,14-15H,5-8H2,1-3H3,(H,26,28)(H,23,24,25);1H/t14-,15+;. The number of benzene rings is 1. The number of carbonyl (C=O) groups is 1.